The summed E-state index contributed by atoms with van der Waals surface area (Å²) in [5.74, 6) is 0.816. The molecule has 0 fully saturated rings. The molecule has 0 unspecified atom stereocenters. The smallest absolute Gasteiger partial charge is 0.177 e. The van der Waals surface area contributed by atoms with E-state index in [1.807, 2.05) is 12.1 Å². The first-order chi connectivity index (χ1) is 10.7. The molecule has 0 amide bonds. The molecule has 3 heteroatoms. The standard InChI is InChI=1S/C19H24O2Si/c1-5-22(6-2,7-3)17-13-9-11-15-14-10-8-12-16(20-4)18(14)21-19(15)17/h8-13H,5-7H2,1-4H3. The monoisotopic (exact) mass is 312 g/mol. The van der Waals surface area contributed by atoms with Gasteiger partial charge in [-0.05, 0) is 11.3 Å². The third-order valence-corrected chi connectivity index (χ3v) is 10.9. The number of fused-ring (bicyclic) bond motifs is 3. The van der Waals surface area contributed by atoms with E-state index in [0.717, 1.165) is 22.3 Å². The third kappa shape index (κ3) is 2.07. The van der Waals surface area contributed by atoms with Crippen LogP contribution in [0.2, 0.25) is 18.1 Å². The minimum atomic E-state index is -1.48. The minimum absolute atomic E-state index is 0.816. The van der Waals surface area contributed by atoms with Crippen molar-refractivity contribution in [3.63, 3.8) is 0 Å². The van der Waals surface area contributed by atoms with Crippen molar-refractivity contribution in [2.75, 3.05) is 7.11 Å². The van der Waals surface area contributed by atoms with Gasteiger partial charge in [-0.3, -0.25) is 0 Å². The molecular formula is C19H24O2Si. The molecule has 0 radical (unpaired) electrons. The maximum atomic E-state index is 6.33. The van der Waals surface area contributed by atoms with Gasteiger partial charge in [0.1, 0.15) is 5.58 Å². The number of rotatable bonds is 5. The van der Waals surface area contributed by atoms with Crippen molar-refractivity contribution in [2.45, 2.75) is 38.9 Å². The van der Waals surface area contributed by atoms with E-state index in [2.05, 4.69) is 45.0 Å². The summed E-state index contributed by atoms with van der Waals surface area (Å²) >= 11 is 0. The van der Waals surface area contributed by atoms with Crippen molar-refractivity contribution in [3.8, 4) is 5.75 Å². The summed E-state index contributed by atoms with van der Waals surface area (Å²) in [6.07, 6.45) is 0. The largest absolute Gasteiger partial charge is 0.493 e. The van der Waals surface area contributed by atoms with Crippen molar-refractivity contribution in [1.29, 1.82) is 0 Å². The number of furan rings is 1. The van der Waals surface area contributed by atoms with E-state index in [-0.39, 0.29) is 0 Å². The number of ether oxygens (including phenoxy) is 1. The fraction of sp³-hybridized carbons (Fsp3) is 0.368. The zero-order chi connectivity index (χ0) is 15.7. The van der Waals surface area contributed by atoms with Crippen molar-refractivity contribution in [1.82, 2.24) is 0 Å². The summed E-state index contributed by atoms with van der Waals surface area (Å²) in [7, 11) is 0.217. The second-order valence-electron chi connectivity index (χ2n) is 5.96. The Morgan fingerprint density at radius 3 is 2.05 bits per heavy atom. The molecule has 0 spiro atoms. The van der Waals surface area contributed by atoms with Gasteiger partial charge in [0.2, 0.25) is 0 Å². The highest BCUT2D eigenvalue weighted by Crippen LogP contribution is 2.35. The minimum Gasteiger partial charge on any atom is -0.493 e. The van der Waals surface area contributed by atoms with Crippen LogP contribution in [0.15, 0.2) is 40.8 Å². The van der Waals surface area contributed by atoms with Gasteiger partial charge in [-0.25, -0.2) is 0 Å². The van der Waals surface area contributed by atoms with E-state index in [1.165, 1.54) is 28.7 Å². The summed E-state index contributed by atoms with van der Waals surface area (Å²) in [6, 6.07) is 16.6. The molecule has 0 N–H and O–H groups in total. The van der Waals surface area contributed by atoms with E-state index in [0.29, 0.717) is 0 Å². The highest BCUT2D eigenvalue weighted by atomic mass is 28.3. The Morgan fingerprint density at radius 1 is 0.864 bits per heavy atom. The Balaban J connectivity index is 2.38. The fourth-order valence-electron chi connectivity index (χ4n) is 3.69. The topological polar surface area (TPSA) is 22.4 Å². The molecule has 22 heavy (non-hydrogen) atoms. The summed E-state index contributed by atoms with van der Waals surface area (Å²) in [5, 5.41) is 3.84. The van der Waals surface area contributed by atoms with Crippen LogP contribution in [0.25, 0.3) is 21.9 Å². The average molecular weight is 312 g/mol. The Bertz CT molecular complexity index is 791. The Hall–Kier alpha value is -1.74. The molecule has 0 aliphatic rings. The predicted octanol–water partition coefficient (Wildman–Crippen LogP) is 5.31. The number of para-hydroxylation sites is 2. The number of benzene rings is 2. The van der Waals surface area contributed by atoms with E-state index >= 15 is 0 Å². The van der Waals surface area contributed by atoms with Crippen LogP contribution in [0.4, 0.5) is 0 Å². The molecule has 116 valence electrons. The lowest BCUT2D eigenvalue weighted by Gasteiger charge is -2.28. The normalized spacial score (nSPS) is 12.2. The molecule has 3 rings (SSSR count). The predicted molar refractivity (Wildman–Crippen MR) is 97.1 cm³/mol. The van der Waals surface area contributed by atoms with Gasteiger partial charge in [-0.2, -0.15) is 0 Å². The number of hydrogen-bond donors (Lipinski definition) is 0. The zero-order valence-electron chi connectivity index (χ0n) is 13.9. The maximum absolute atomic E-state index is 6.33. The van der Waals surface area contributed by atoms with Gasteiger partial charge in [0.15, 0.2) is 11.3 Å². The third-order valence-electron chi connectivity index (χ3n) is 5.31. The molecule has 1 aromatic heterocycles. The zero-order valence-corrected chi connectivity index (χ0v) is 14.9. The highest BCUT2D eigenvalue weighted by Gasteiger charge is 2.32. The Morgan fingerprint density at radius 2 is 1.45 bits per heavy atom. The fourth-order valence-corrected chi connectivity index (χ4v) is 7.45. The first kappa shape index (κ1) is 15.2. The number of methoxy groups -OCH3 is 1. The molecule has 2 nitrogen and oxygen atoms in total. The maximum Gasteiger partial charge on any atom is 0.177 e. The summed E-state index contributed by atoms with van der Waals surface area (Å²) < 4.78 is 11.8. The second kappa shape index (κ2) is 5.80. The van der Waals surface area contributed by atoms with Gasteiger partial charge in [0.05, 0.1) is 15.2 Å². The van der Waals surface area contributed by atoms with Crippen LogP contribution in [0.3, 0.4) is 0 Å². The lowest BCUT2D eigenvalue weighted by molar-refractivity contribution is 0.412. The Kier molecular flexibility index (Phi) is 4.00. The molecular weight excluding hydrogens is 288 g/mol. The molecule has 0 saturated heterocycles. The lowest BCUT2D eigenvalue weighted by Crippen LogP contribution is -2.45. The van der Waals surface area contributed by atoms with Crippen molar-refractivity contribution in [3.05, 3.63) is 36.4 Å². The molecule has 0 bridgehead atoms. The van der Waals surface area contributed by atoms with Crippen LogP contribution in [0, 0.1) is 0 Å². The van der Waals surface area contributed by atoms with Gasteiger partial charge in [0.25, 0.3) is 0 Å². The average Bonchev–Trinajstić information content (AvgIpc) is 2.96. The van der Waals surface area contributed by atoms with Crippen molar-refractivity contribution < 1.29 is 9.15 Å². The van der Waals surface area contributed by atoms with Crippen LogP contribution in [0.1, 0.15) is 20.8 Å². The molecule has 0 aliphatic carbocycles. The number of hydrogen-bond acceptors (Lipinski definition) is 2. The van der Waals surface area contributed by atoms with E-state index < -0.39 is 8.07 Å². The Labute approximate surface area is 133 Å². The molecule has 0 saturated carbocycles. The van der Waals surface area contributed by atoms with Gasteiger partial charge in [-0.15, -0.1) is 0 Å². The van der Waals surface area contributed by atoms with Crippen molar-refractivity contribution >= 4 is 35.2 Å². The first-order valence-corrected chi connectivity index (χ1v) is 10.8. The highest BCUT2D eigenvalue weighted by molar-refractivity contribution is 6.93. The second-order valence-corrected chi connectivity index (χ2v) is 11.2. The molecule has 2 aromatic carbocycles. The first-order valence-electron chi connectivity index (χ1n) is 8.19. The van der Waals surface area contributed by atoms with E-state index in [4.69, 9.17) is 9.15 Å². The molecule has 0 atom stereocenters. The molecule has 3 aromatic rings. The molecule has 0 aliphatic heterocycles. The van der Waals surface area contributed by atoms with Gasteiger partial charge in [0, 0.05) is 10.8 Å². The van der Waals surface area contributed by atoms with E-state index in [1.54, 1.807) is 7.11 Å². The van der Waals surface area contributed by atoms with Crippen LogP contribution in [-0.2, 0) is 0 Å². The van der Waals surface area contributed by atoms with Gasteiger partial charge >= 0.3 is 0 Å². The quantitative estimate of drug-likeness (QED) is 0.596. The summed E-state index contributed by atoms with van der Waals surface area (Å²) in [5.41, 5.74) is 1.96. The van der Waals surface area contributed by atoms with Gasteiger partial charge < -0.3 is 9.15 Å². The van der Waals surface area contributed by atoms with Crippen LogP contribution < -0.4 is 9.92 Å². The van der Waals surface area contributed by atoms with Gasteiger partial charge in [-0.1, -0.05) is 69.2 Å². The molecule has 1 heterocycles. The summed E-state index contributed by atoms with van der Waals surface area (Å²) in [4.78, 5) is 0. The van der Waals surface area contributed by atoms with Crippen LogP contribution in [0.5, 0.6) is 5.75 Å². The summed E-state index contributed by atoms with van der Waals surface area (Å²) in [6.45, 7) is 7.00. The van der Waals surface area contributed by atoms with Crippen LogP contribution in [-0.4, -0.2) is 15.2 Å². The van der Waals surface area contributed by atoms with Crippen LogP contribution >= 0.6 is 0 Å². The van der Waals surface area contributed by atoms with E-state index in [9.17, 15) is 0 Å². The van der Waals surface area contributed by atoms with Crippen molar-refractivity contribution in [2.24, 2.45) is 0 Å². The SMILES string of the molecule is CC[Si](CC)(CC)c1cccc2c1oc1c(OC)cccc12. The lowest BCUT2D eigenvalue weighted by atomic mass is 10.1.